The Kier molecular flexibility index (Phi) is 3.26. The second-order valence-electron chi connectivity index (χ2n) is 3.88. The number of nitrogens with two attached hydrogens (primary N) is 1. The summed E-state index contributed by atoms with van der Waals surface area (Å²) in [5.74, 6) is 2.21. The SMILES string of the molecule is CSCCC(C)(CN)C1CC1. The first-order chi connectivity index (χ1) is 5.23. The summed E-state index contributed by atoms with van der Waals surface area (Å²) < 4.78 is 0. The van der Waals surface area contributed by atoms with Crippen LogP contribution in [0.1, 0.15) is 26.2 Å². The fraction of sp³-hybridized carbons (Fsp3) is 1.00. The fourth-order valence-electron chi connectivity index (χ4n) is 1.59. The summed E-state index contributed by atoms with van der Waals surface area (Å²) >= 11 is 1.93. The molecule has 1 fully saturated rings. The van der Waals surface area contributed by atoms with Gasteiger partial charge in [0.1, 0.15) is 0 Å². The van der Waals surface area contributed by atoms with Crippen LogP contribution in [0, 0.1) is 11.3 Å². The molecular formula is C9H19NS. The quantitative estimate of drug-likeness (QED) is 0.689. The van der Waals surface area contributed by atoms with Gasteiger partial charge in [-0.25, -0.2) is 0 Å². The lowest BCUT2D eigenvalue weighted by Crippen LogP contribution is -2.30. The van der Waals surface area contributed by atoms with Gasteiger partial charge in [-0.3, -0.25) is 0 Å². The van der Waals surface area contributed by atoms with Crippen LogP contribution in [0.25, 0.3) is 0 Å². The minimum absolute atomic E-state index is 0.461. The van der Waals surface area contributed by atoms with Crippen molar-refractivity contribution < 1.29 is 0 Å². The second-order valence-corrected chi connectivity index (χ2v) is 4.86. The lowest BCUT2D eigenvalue weighted by Gasteiger charge is -2.27. The fourth-order valence-corrected chi connectivity index (χ4v) is 2.26. The van der Waals surface area contributed by atoms with Crippen LogP contribution in [0.15, 0.2) is 0 Å². The van der Waals surface area contributed by atoms with Gasteiger partial charge in [0.2, 0.25) is 0 Å². The van der Waals surface area contributed by atoms with Crippen molar-refractivity contribution in [3.63, 3.8) is 0 Å². The van der Waals surface area contributed by atoms with Gasteiger partial charge in [-0.2, -0.15) is 11.8 Å². The zero-order valence-corrected chi connectivity index (χ0v) is 8.41. The summed E-state index contributed by atoms with van der Waals surface area (Å²) in [4.78, 5) is 0. The lowest BCUT2D eigenvalue weighted by molar-refractivity contribution is 0.275. The van der Waals surface area contributed by atoms with Crippen LogP contribution in [0.2, 0.25) is 0 Å². The molecule has 0 aromatic carbocycles. The molecule has 11 heavy (non-hydrogen) atoms. The molecule has 1 aliphatic carbocycles. The van der Waals surface area contributed by atoms with Crippen molar-refractivity contribution in [3.05, 3.63) is 0 Å². The van der Waals surface area contributed by atoms with E-state index in [-0.39, 0.29) is 0 Å². The molecule has 0 bridgehead atoms. The Morgan fingerprint density at radius 1 is 1.55 bits per heavy atom. The molecule has 0 aliphatic heterocycles. The highest BCUT2D eigenvalue weighted by Crippen LogP contribution is 2.47. The first-order valence-electron chi connectivity index (χ1n) is 4.42. The third-order valence-electron chi connectivity index (χ3n) is 2.91. The van der Waals surface area contributed by atoms with E-state index in [0.29, 0.717) is 5.41 Å². The van der Waals surface area contributed by atoms with Gasteiger partial charge < -0.3 is 5.73 Å². The molecule has 2 N–H and O–H groups in total. The number of thioether (sulfide) groups is 1. The van der Waals surface area contributed by atoms with Gasteiger partial charge in [0.05, 0.1) is 0 Å². The molecule has 1 saturated carbocycles. The van der Waals surface area contributed by atoms with Crippen molar-refractivity contribution >= 4 is 11.8 Å². The molecular weight excluding hydrogens is 154 g/mol. The molecule has 0 aromatic heterocycles. The van der Waals surface area contributed by atoms with Crippen LogP contribution in [-0.4, -0.2) is 18.6 Å². The first-order valence-corrected chi connectivity index (χ1v) is 5.81. The predicted octanol–water partition coefficient (Wildman–Crippen LogP) is 2.11. The van der Waals surface area contributed by atoms with Gasteiger partial charge in [-0.15, -0.1) is 0 Å². The van der Waals surface area contributed by atoms with Crippen LogP contribution < -0.4 is 5.73 Å². The third kappa shape index (κ3) is 2.38. The van der Waals surface area contributed by atoms with Crippen LogP contribution >= 0.6 is 11.8 Å². The van der Waals surface area contributed by atoms with Crippen LogP contribution in [0.5, 0.6) is 0 Å². The summed E-state index contributed by atoms with van der Waals surface area (Å²) in [6, 6.07) is 0. The van der Waals surface area contributed by atoms with E-state index in [2.05, 4.69) is 13.2 Å². The molecule has 0 aromatic rings. The Bertz CT molecular complexity index is 123. The Balaban J connectivity index is 2.31. The molecule has 0 saturated heterocycles. The summed E-state index contributed by atoms with van der Waals surface area (Å²) in [7, 11) is 0. The van der Waals surface area contributed by atoms with Crippen molar-refractivity contribution in [1.82, 2.24) is 0 Å². The monoisotopic (exact) mass is 173 g/mol. The van der Waals surface area contributed by atoms with Gasteiger partial charge in [-0.1, -0.05) is 6.92 Å². The van der Waals surface area contributed by atoms with Crippen LogP contribution in [0.3, 0.4) is 0 Å². The van der Waals surface area contributed by atoms with E-state index in [0.717, 1.165) is 12.5 Å². The minimum Gasteiger partial charge on any atom is -0.330 e. The average Bonchev–Trinajstić information content (AvgIpc) is 2.82. The number of hydrogen-bond donors (Lipinski definition) is 1. The van der Waals surface area contributed by atoms with E-state index in [1.807, 2.05) is 11.8 Å². The molecule has 0 amide bonds. The molecule has 1 unspecified atom stereocenters. The molecule has 2 heteroatoms. The van der Waals surface area contributed by atoms with Crippen LogP contribution in [0.4, 0.5) is 0 Å². The highest BCUT2D eigenvalue weighted by atomic mass is 32.2. The van der Waals surface area contributed by atoms with Crippen LogP contribution in [-0.2, 0) is 0 Å². The minimum atomic E-state index is 0.461. The van der Waals surface area contributed by atoms with Crippen molar-refractivity contribution in [2.75, 3.05) is 18.6 Å². The van der Waals surface area contributed by atoms with E-state index in [4.69, 9.17) is 5.73 Å². The van der Waals surface area contributed by atoms with E-state index in [1.165, 1.54) is 25.0 Å². The first kappa shape index (κ1) is 9.40. The van der Waals surface area contributed by atoms with Crippen molar-refractivity contribution in [3.8, 4) is 0 Å². The van der Waals surface area contributed by atoms with Crippen molar-refractivity contribution in [1.29, 1.82) is 0 Å². The zero-order chi connectivity index (χ0) is 8.32. The van der Waals surface area contributed by atoms with Crippen molar-refractivity contribution in [2.45, 2.75) is 26.2 Å². The highest BCUT2D eigenvalue weighted by Gasteiger charge is 2.39. The maximum atomic E-state index is 5.78. The van der Waals surface area contributed by atoms with Gasteiger partial charge in [0.25, 0.3) is 0 Å². The smallest absolute Gasteiger partial charge is 0.00202 e. The van der Waals surface area contributed by atoms with E-state index < -0.39 is 0 Å². The lowest BCUT2D eigenvalue weighted by atomic mass is 9.82. The molecule has 1 aliphatic rings. The molecule has 1 rings (SSSR count). The van der Waals surface area contributed by atoms with Gasteiger partial charge in [0, 0.05) is 0 Å². The van der Waals surface area contributed by atoms with E-state index in [9.17, 15) is 0 Å². The zero-order valence-electron chi connectivity index (χ0n) is 7.60. The van der Waals surface area contributed by atoms with Gasteiger partial charge in [0.15, 0.2) is 0 Å². The molecule has 1 nitrogen and oxygen atoms in total. The Labute approximate surface area is 74.1 Å². The molecule has 0 heterocycles. The van der Waals surface area contributed by atoms with E-state index >= 15 is 0 Å². The summed E-state index contributed by atoms with van der Waals surface area (Å²) in [5, 5.41) is 0. The standard InChI is InChI=1S/C9H19NS/c1-9(7-10,5-6-11-2)8-3-4-8/h8H,3-7,10H2,1-2H3. The van der Waals surface area contributed by atoms with E-state index in [1.54, 1.807) is 0 Å². The number of rotatable bonds is 5. The van der Waals surface area contributed by atoms with Crippen molar-refractivity contribution in [2.24, 2.45) is 17.1 Å². The molecule has 0 radical (unpaired) electrons. The normalized spacial score (nSPS) is 23.2. The Morgan fingerprint density at radius 2 is 2.18 bits per heavy atom. The average molecular weight is 173 g/mol. The van der Waals surface area contributed by atoms with Gasteiger partial charge in [-0.05, 0) is 49.1 Å². The summed E-state index contributed by atoms with van der Waals surface area (Å²) in [6.45, 7) is 3.22. The number of hydrogen-bond acceptors (Lipinski definition) is 2. The second kappa shape index (κ2) is 3.81. The topological polar surface area (TPSA) is 26.0 Å². The molecule has 1 atom stereocenters. The third-order valence-corrected chi connectivity index (χ3v) is 3.52. The maximum Gasteiger partial charge on any atom is -0.00202 e. The Hall–Kier alpha value is 0.310. The molecule has 66 valence electrons. The summed E-state index contributed by atoms with van der Waals surface area (Å²) in [5.41, 5.74) is 6.24. The molecule has 0 spiro atoms. The maximum absolute atomic E-state index is 5.78. The Morgan fingerprint density at radius 3 is 2.55 bits per heavy atom. The van der Waals surface area contributed by atoms with Gasteiger partial charge >= 0.3 is 0 Å². The highest BCUT2D eigenvalue weighted by molar-refractivity contribution is 7.98. The largest absolute Gasteiger partial charge is 0.330 e. The summed E-state index contributed by atoms with van der Waals surface area (Å²) in [6.07, 6.45) is 6.31. The predicted molar refractivity (Wildman–Crippen MR) is 52.9 cm³/mol.